The summed E-state index contributed by atoms with van der Waals surface area (Å²) in [5.74, 6) is 0.728. The third-order valence-corrected chi connectivity index (χ3v) is 3.51. The van der Waals surface area contributed by atoms with Crippen LogP contribution in [0.3, 0.4) is 0 Å². The molecule has 4 heteroatoms. The zero-order valence-corrected chi connectivity index (χ0v) is 12.7. The normalized spacial score (nSPS) is 25.7. The van der Waals surface area contributed by atoms with Gasteiger partial charge in [0.1, 0.15) is 0 Å². The van der Waals surface area contributed by atoms with E-state index in [1.54, 1.807) is 0 Å². The van der Waals surface area contributed by atoms with Crippen LogP contribution in [0, 0.1) is 5.92 Å². The highest BCUT2D eigenvalue weighted by Gasteiger charge is 2.19. The van der Waals surface area contributed by atoms with Crippen LogP contribution in [0.25, 0.3) is 0 Å². The first-order chi connectivity index (χ1) is 9.08. The molecule has 114 valence electrons. The van der Waals surface area contributed by atoms with Crippen LogP contribution in [-0.2, 0) is 9.47 Å². The molecule has 0 aromatic heterocycles. The van der Waals surface area contributed by atoms with Gasteiger partial charge in [0.2, 0.25) is 0 Å². The number of ether oxygens (including phenoxy) is 2. The number of nitrogens with one attached hydrogen (secondary N) is 1. The molecule has 0 radical (unpaired) electrons. The van der Waals surface area contributed by atoms with Crippen LogP contribution < -0.4 is 5.32 Å². The minimum absolute atomic E-state index is 0.329. The van der Waals surface area contributed by atoms with Gasteiger partial charge in [-0.05, 0) is 38.5 Å². The van der Waals surface area contributed by atoms with E-state index in [0.29, 0.717) is 25.3 Å². The maximum absolute atomic E-state index is 9.84. The summed E-state index contributed by atoms with van der Waals surface area (Å²) in [5, 5.41) is 13.2. The molecule has 3 atom stereocenters. The molecule has 0 aromatic carbocycles. The van der Waals surface area contributed by atoms with E-state index in [9.17, 15) is 5.11 Å². The molecule has 1 saturated heterocycles. The van der Waals surface area contributed by atoms with Crippen molar-refractivity contribution in [2.75, 3.05) is 26.4 Å². The second-order valence-corrected chi connectivity index (χ2v) is 6.08. The summed E-state index contributed by atoms with van der Waals surface area (Å²) < 4.78 is 11.0. The van der Waals surface area contributed by atoms with E-state index in [4.69, 9.17) is 9.47 Å². The highest BCUT2D eigenvalue weighted by molar-refractivity contribution is 4.75. The Kier molecular flexibility index (Phi) is 8.62. The van der Waals surface area contributed by atoms with E-state index < -0.39 is 6.10 Å². The lowest BCUT2D eigenvalue weighted by Crippen LogP contribution is -2.42. The Bertz CT molecular complexity index is 223. The molecule has 2 N–H and O–H groups in total. The number of hydrogen-bond donors (Lipinski definition) is 2. The average Bonchev–Trinajstić information content (AvgIpc) is 2.35. The maximum Gasteiger partial charge on any atom is 0.0897 e. The van der Waals surface area contributed by atoms with Crippen LogP contribution >= 0.6 is 0 Å². The lowest BCUT2D eigenvalue weighted by molar-refractivity contribution is 0.00430. The van der Waals surface area contributed by atoms with Crippen LogP contribution in [0.2, 0.25) is 0 Å². The van der Waals surface area contributed by atoms with Gasteiger partial charge in [0.25, 0.3) is 0 Å². The molecule has 19 heavy (non-hydrogen) atoms. The summed E-state index contributed by atoms with van der Waals surface area (Å²) >= 11 is 0. The topological polar surface area (TPSA) is 50.7 Å². The summed E-state index contributed by atoms with van der Waals surface area (Å²) in [6, 6.07) is 0.472. The minimum atomic E-state index is -0.405. The molecule has 1 aliphatic rings. The van der Waals surface area contributed by atoms with Crippen molar-refractivity contribution in [1.29, 1.82) is 0 Å². The molecule has 1 aliphatic heterocycles. The molecule has 1 fully saturated rings. The minimum Gasteiger partial charge on any atom is -0.389 e. The largest absolute Gasteiger partial charge is 0.389 e. The summed E-state index contributed by atoms with van der Waals surface area (Å²) in [5.41, 5.74) is 0. The van der Waals surface area contributed by atoms with E-state index in [2.05, 4.69) is 26.1 Å². The van der Waals surface area contributed by atoms with Crippen molar-refractivity contribution in [3.63, 3.8) is 0 Å². The first-order valence-corrected chi connectivity index (χ1v) is 7.68. The average molecular weight is 273 g/mol. The number of hydrogen-bond acceptors (Lipinski definition) is 4. The van der Waals surface area contributed by atoms with E-state index in [0.717, 1.165) is 38.4 Å². The van der Waals surface area contributed by atoms with Gasteiger partial charge in [-0.25, -0.2) is 0 Å². The molecular formula is C15H31NO3. The number of rotatable bonds is 9. The molecule has 0 spiro atoms. The van der Waals surface area contributed by atoms with E-state index in [-0.39, 0.29) is 0 Å². The summed E-state index contributed by atoms with van der Waals surface area (Å²) in [6.45, 7) is 9.15. The van der Waals surface area contributed by atoms with Gasteiger partial charge >= 0.3 is 0 Å². The van der Waals surface area contributed by atoms with Gasteiger partial charge in [0, 0.05) is 25.8 Å². The molecule has 4 nitrogen and oxygen atoms in total. The van der Waals surface area contributed by atoms with Crippen LogP contribution in [-0.4, -0.2) is 49.7 Å². The molecule has 1 rings (SSSR count). The predicted molar refractivity (Wildman–Crippen MR) is 77.3 cm³/mol. The van der Waals surface area contributed by atoms with Gasteiger partial charge in [-0.15, -0.1) is 0 Å². The third-order valence-electron chi connectivity index (χ3n) is 3.51. The van der Waals surface area contributed by atoms with Crippen molar-refractivity contribution in [1.82, 2.24) is 5.32 Å². The number of aliphatic hydroxyl groups excluding tert-OH is 1. The molecule has 1 heterocycles. The Morgan fingerprint density at radius 1 is 1.42 bits per heavy atom. The summed E-state index contributed by atoms with van der Waals surface area (Å²) in [7, 11) is 0. The van der Waals surface area contributed by atoms with Gasteiger partial charge < -0.3 is 19.9 Å². The van der Waals surface area contributed by atoms with E-state index in [1.807, 2.05) is 0 Å². The summed E-state index contributed by atoms with van der Waals surface area (Å²) in [6.07, 6.45) is 4.26. The van der Waals surface area contributed by atoms with Gasteiger partial charge in [0.05, 0.1) is 18.8 Å². The fourth-order valence-electron chi connectivity index (χ4n) is 2.36. The third kappa shape index (κ3) is 8.58. The Labute approximate surface area is 117 Å². The van der Waals surface area contributed by atoms with E-state index in [1.165, 1.54) is 6.42 Å². The molecule has 3 unspecified atom stereocenters. The highest BCUT2D eigenvalue weighted by atomic mass is 16.5. The lowest BCUT2D eigenvalue weighted by Gasteiger charge is -2.28. The second kappa shape index (κ2) is 9.70. The highest BCUT2D eigenvalue weighted by Crippen LogP contribution is 2.12. The van der Waals surface area contributed by atoms with Crippen LogP contribution in [0.5, 0.6) is 0 Å². The second-order valence-electron chi connectivity index (χ2n) is 6.08. The Hall–Kier alpha value is -0.160. The van der Waals surface area contributed by atoms with Crippen molar-refractivity contribution < 1.29 is 14.6 Å². The van der Waals surface area contributed by atoms with Gasteiger partial charge in [0.15, 0.2) is 0 Å². The molecule has 0 amide bonds. The SMILES string of the molecule is CC(C)CCCOCC(O)CNC1CCOC(C)C1. The molecule has 0 bridgehead atoms. The fourth-order valence-corrected chi connectivity index (χ4v) is 2.36. The molecular weight excluding hydrogens is 242 g/mol. The maximum atomic E-state index is 9.84. The Balaban J connectivity index is 1.96. The zero-order valence-electron chi connectivity index (χ0n) is 12.7. The zero-order chi connectivity index (χ0) is 14.1. The lowest BCUT2D eigenvalue weighted by atomic mass is 10.0. The first kappa shape index (κ1) is 16.9. The van der Waals surface area contributed by atoms with Gasteiger partial charge in [-0.2, -0.15) is 0 Å². The summed E-state index contributed by atoms with van der Waals surface area (Å²) in [4.78, 5) is 0. The van der Waals surface area contributed by atoms with Crippen LogP contribution in [0.1, 0.15) is 46.5 Å². The van der Waals surface area contributed by atoms with Crippen molar-refractivity contribution in [2.24, 2.45) is 5.92 Å². The number of aliphatic hydroxyl groups is 1. The Morgan fingerprint density at radius 3 is 2.89 bits per heavy atom. The van der Waals surface area contributed by atoms with E-state index >= 15 is 0 Å². The van der Waals surface area contributed by atoms with Crippen LogP contribution in [0.15, 0.2) is 0 Å². The van der Waals surface area contributed by atoms with Gasteiger partial charge in [-0.3, -0.25) is 0 Å². The van der Waals surface area contributed by atoms with Crippen LogP contribution in [0.4, 0.5) is 0 Å². The van der Waals surface area contributed by atoms with Crippen molar-refractivity contribution in [3.8, 4) is 0 Å². The van der Waals surface area contributed by atoms with Crippen molar-refractivity contribution >= 4 is 0 Å². The van der Waals surface area contributed by atoms with Gasteiger partial charge in [-0.1, -0.05) is 13.8 Å². The van der Waals surface area contributed by atoms with Crippen molar-refractivity contribution in [2.45, 2.75) is 64.7 Å². The monoisotopic (exact) mass is 273 g/mol. The quantitative estimate of drug-likeness (QED) is 0.631. The fraction of sp³-hybridized carbons (Fsp3) is 1.00. The Morgan fingerprint density at radius 2 is 2.21 bits per heavy atom. The predicted octanol–water partition coefficient (Wildman–Crippen LogP) is 1.96. The molecule has 0 aromatic rings. The smallest absolute Gasteiger partial charge is 0.0897 e. The van der Waals surface area contributed by atoms with Crippen molar-refractivity contribution in [3.05, 3.63) is 0 Å². The molecule has 0 saturated carbocycles. The first-order valence-electron chi connectivity index (χ1n) is 7.68. The molecule has 0 aliphatic carbocycles. The standard InChI is InChI=1S/C15H31NO3/c1-12(2)5-4-7-18-11-15(17)10-16-14-6-8-19-13(3)9-14/h12-17H,4-11H2,1-3H3.